The number of aliphatic imine (C=N–C) groups is 1. The molecule has 2 aromatic rings. The van der Waals surface area contributed by atoms with E-state index in [2.05, 4.69) is 30.8 Å². The highest BCUT2D eigenvalue weighted by Gasteiger charge is 2.53. The number of nitrogens with zero attached hydrogens (tertiary/aromatic N) is 4. The van der Waals surface area contributed by atoms with E-state index in [9.17, 15) is 4.79 Å². The first kappa shape index (κ1) is 21.0. The summed E-state index contributed by atoms with van der Waals surface area (Å²) in [5.74, 6) is 0.478. The van der Waals surface area contributed by atoms with Gasteiger partial charge in [0.15, 0.2) is 5.82 Å². The molecule has 5 rings (SSSR count). The molecule has 1 aromatic carbocycles. The minimum absolute atomic E-state index is 0.143. The number of carbonyl (C=O) groups excluding carboxylic acids is 1. The van der Waals surface area contributed by atoms with Crippen LogP contribution in [0.3, 0.4) is 0 Å². The first-order valence-corrected chi connectivity index (χ1v) is 11.7. The van der Waals surface area contributed by atoms with E-state index in [-0.39, 0.29) is 28.8 Å². The van der Waals surface area contributed by atoms with Crippen molar-refractivity contribution in [1.82, 2.24) is 14.7 Å². The molecule has 2 unspecified atom stereocenters. The molecule has 31 heavy (non-hydrogen) atoms. The molecule has 0 spiro atoms. The summed E-state index contributed by atoms with van der Waals surface area (Å²) in [5, 5.41) is 5.50. The van der Waals surface area contributed by atoms with Crippen LogP contribution in [0.4, 0.5) is 5.82 Å². The van der Waals surface area contributed by atoms with Crippen LogP contribution in [-0.4, -0.2) is 38.9 Å². The minimum atomic E-state index is -0.421. The van der Waals surface area contributed by atoms with Crippen molar-refractivity contribution in [3.05, 3.63) is 46.1 Å². The maximum Gasteiger partial charge on any atom is 0.234 e. The Hall–Kier alpha value is -1.85. The smallest absolute Gasteiger partial charge is 0.234 e. The molecule has 1 aliphatic carbocycles. The molecule has 3 heterocycles. The van der Waals surface area contributed by atoms with Gasteiger partial charge in [0.1, 0.15) is 5.92 Å². The molecule has 3 aliphatic rings. The maximum absolute atomic E-state index is 14.1. The predicted molar refractivity (Wildman–Crippen MR) is 124 cm³/mol. The van der Waals surface area contributed by atoms with Gasteiger partial charge in [-0.05, 0) is 54.7 Å². The highest BCUT2D eigenvalue weighted by atomic mass is 35.5. The van der Waals surface area contributed by atoms with Crippen molar-refractivity contribution in [2.75, 3.05) is 6.54 Å². The van der Waals surface area contributed by atoms with Crippen molar-refractivity contribution in [3.63, 3.8) is 0 Å². The summed E-state index contributed by atoms with van der Waals surface area (Å²) in [5.41, 5.74) is 2.17. The second-order valence-corrected chi connectivity index (χ2v) is 11.5. The van der Waals surface area contributed by atoms with Gasteiger partial charge in [0.25, 0.3) is 0 Å². The highest BCUT2D eigenvalue weighted by molar-refractivity contribution is 6.42. The van der Waals surface area contributed by atoms with Gasteiger partial charge >= 0.3 is 0 Å². The van der Waals surface area contributed by atoms with Gasteiger partial charge in [-0.25, -0.2) is 9.67 Å². The van der Waals surface area contributed by atoms with Crippen LogP contribution in [0.1, 0.15) is 58.6 Å². The largest absolute Gasteiger partial charge is 0.338 e. The predicted octanol–water partition coefficient (Wildman–Crippen LogP) is 5.93. The molecule has 2 bridgehead atoms. The van der Waals surface area contributed by atoms with Gasteiger partial charge < -0.3 is 4.90 Å². The van der Waals surface area contributed by atoms with E-state index in [4.69, 9.17) is 28.2 Å². The van der Waals surface area contributed by atoms with Crippen LogP contribution in [0.15, 0.2) is 35.5 Å². The zero-order chi connectivity index (χ0) is 22.1. The standard InChI is InChI=1S/C24H28Cl2N4O/c1-14-20(22(31)29-13-24(4)11-16(29)10-23(2,3)12-24)21(30-19(28-14)7-8-27-30)15-5-6-17(25)18(26)9-15/h5-9,16,20-21H,10-13H2,1-4H3/t16-,20?,21?,24-/m1/s1. The van der Waals surface area contributed by atoms with Crippen LogP contribution in [-0.2, 0) is 4.79 Å². The van der Waals surface area contributed by atoms with Crippen LogP contribution in [0, 0.1) is 16.7 Å². The van der Waals surface area contributed by atoms with Crippen molar-refractivity contribution in [3.8, 4) is 0 Å². The normalized spacial score (nSPS) is 31.4. The van der Waals surface area contributed by atoms with Gasteiger partial charge in [0.05, 0.1) is 22.3 Å². The Morgan fingerprint density at radius 1 is 1.13 bits per heavy atom. The van der Waals surface area contributed by atoms with Crippen LogP contribution in [0.5, 0.6) is 0 Å². The van der Waals surface area contributed by atoms with E-state index in [0.717, 1.165) is 42.9 Å². The zero-order valence-electron chi connectivity index (χ0n) is 18.4. The SMILES string of the molecule is CC1=Nc2ccnn2C(c2ccc(Cl)c(Cl)c2)C1C(=O)N1C[C@]2(C)C[C@H]1CC(C)(C)C2. The van der Waals surface area contributed by atoms with Gasteiger partial charge in [0, 0.05) is 24.4 Å². The molecule has 1 amide bonds. The first-order chi connectivity index (χ1) is 14.6. The zero-order valence-corrected chi connectivity index (χ0v) is 19.9. The fraction of sp³-hybridized carbons (Fsp3) is 0.542. The average Bonchev–Trinajstić information content (AvgIpc) is 3.22. The fourth-order valence-electron chi connectivity index (χ4n) is 6.47. The second kappa shape index (κ2) is 7.08. The van der Waals surface area contributed by atoms with Crippen molar-refractivity contribution in [2.45, 2.75) is 59.0 Å². The number of hydrogen-bond acceptors (Lipinski definition) is 3. The Balaban J connectivity index is 1.56. The molecule has 4 atom stereocenters. The molecule has 5 nitrogen and oxygen atoms in total. The molecule has 7 heteroatoms. The summed E-state index contributed by atoms with van der Waals surface area (Å²) >= 11 is 12.5. The average molecular weight is 459 g/mol. The quantitative estimate of drug-likeness (QED) is 0.559. The lowest BCUT2D eigenvalue weighted by atomic mass is 9.65. The first-order valence-electron chi connectivity index (χ1n) is 10.9. The molecule has 2 aliphatic heterocycles. The van der Waals surface area contributed by atoms with Crippen LogP contribution < -0.4 is 0 Å². The van der Waals surface area contributed by atoms with Gasteiger partial charge in [-0.15, -0.1) is 0 Å². The third-order valence-electron chi connectivity index (χ3n) is 7.22. The Morgan fingerprint density at radius 2 is 1.90 bits per heavy atom. The Morgan fingerprint density at radius 3 is 2.65 bits per heavy atom. The molecule has 2 fully saturated rings. The maximum atomic E-state index is 14.1. The van der Waals surface area contributed by atoms with Gasteiger partial charge in [-0.2, -0.15) is 5.10 Å². The lowest BCUT2D eigenvalue weighted by Crippen LogP contribution is -2.47. The van der Waals surface area contributed by atoms with Crippen molar-refractivity contribution >= 4 is 40.6 Å². The summed E-state index contributed by atoms with van der Waals surface area (Å²) in [7, 11) is 0. The van der Waals surface area contributed by atoms with Crippen LogP contribution in [0.25, 0.3) is 0 Å². The fourth-order valence-corrected chi connectivity index (χ4v) is 6.78. The molecule has 0 radical (unpaired) electrons. The number of aromatic nitrogens is 2. The summed E-state index contributed by atoms with van der Waals surface area (Å²) in [6.45, 7) is 9.75. The van der Waals surface area contributed by atoms with E-state index in [1.807, 2.05) is 29.8 Å². The number of likely N-dealkylation sites (tertiary alicyclic amines) is 1. The molecule has 1 aromatic heterocycles. The minimum Gasteiger partial charge on any atom is -0.338 e. The van der Waals surface area contributed by atoms with Crippen molar-refractivity contribution in [1.29, 1.82) is 0 Å². The number of benzene rings is 1. The second-order valence-electron chi connectivity index (χ2n) is 10.7. The van der Waals surface area contributed by atoms with Gasteiger partial charge in [-0.1, -0.05) is 50.0 Å². The third kappa shape index (κ3) is 3.50. The third-order valence-corrected chi connectivity index (χ3v) is 7.96. The number of carbonyl (C=O) groups is 1. The molecule has 1 saturated heterocycles. The summed E-state index contributed by atoms with van der Waals surface area (Å²) in [4.78, 5) is 21.0. The number of halogens is 2. The summed E-state index contributed by atoms with van der Waals surface area (Å²) in [6, 6.07) is 7.44. The van der Waals surface area contributed by atoms with E-state index in [0.29, 0.717) is 10.0 Å². The summed E-state index contributed by atoms with van der Waals surface area (Å²) in [6.07, 6.45) is 5.00. The van der Waals surface area contributed by atoms with E-state index in [1.165, 1.54) is 0 Å². The Bertz CT molecular complexity index is 1090. The summed E-state index contributed by atoms with van der Waals surface area (Å²) < 4.78 is 1.85. The van der Waals surface area contributed by atoms with Gasteiger partial charge in [0.2, 0.25) is 5.91 Å². The molecular formula is C24H28Cl2N4O. The highest BCUT2D eigenvalue weighted by Crippen LogP contribution is 2.53. The van der Waals surface area contributed by atoms with Gasteiger partial charge in [-0.3, -0.25) is 4.79 Å². The molecule has 0 N–H and O–H groups in total. The molecule has 164 valence electrons. The van der Waals surface area contributed by atoms with Crippen LogP contribution in [0.2, 0.25) is 10.0 Å². The number of rotatable bonds is 2. The van der Waals surface area contributed by atoms with E-state index < -0.39 is 5.92 Å². The molecule has 1 saturated carbocycles. The number of amides is 1. The Labute approximate surface area is 193 Å². The van der Waals surface area contributed by atoms with Crippen LogP contribution >= 0.6 is 23.2 Å². The number of fused-ring (bicyclic) bond motifs is 3. The number of hydrogen-bond donors (Lipinski definition) is 0. The van der Waals surface area contributed by atoms with Crippen molar-refractivity contribution < 1.29 is 4.79 Å². The lowest BCUT2D eigenvalue weighted by molar-refractivity contribution is -0.135. The van der Waals surface area contributed by atoms with E-state index in [1.54, 1.807) is 12.3 Å². The van der Waals surface area contributed by atoms with E-state index >= 15 is 0 Å². The monoisotopic (exact) mass is 458 g/mol. The topological polar surface area (TPSA) is 50.5 Å². The van der Waals surface area contributed by atoms with Crippen molar-refractivity contribution in [2.24, 2.45) is 21.7 Å². The molecular weight excluding hydrogens is 431 g/mol. The Kier molecular flexibility index (Phi) is 4.80. The lowest BCUT2D eigenvalue weighted by Gasteiger charge is -2.40.